The molecular weight excluding hydrogens is 246 g/mol. The molecule has 1 aromatic rings. The standard InChI is InChI=1S/C14H21NO4/c1-10-4-5-11(6-12(10)19-3)7-13(18)15-14(2,8-16)9-17/h4-6,16-17H,7-9H2,1-3H3,(H,15,18). The first-order chi connectivity index (χ1) is 8.94. The van der Waals surface area contributed by atoms with Gasteiger partial charge in [-0.05, 0) is 31.0 Å². The van der Waals surface area contributed by atoms with Crippen LogP contribution in [0.25, 0.3) is 0 Å². The van der Waals surface area contributed by atoms with Gasteiger partial charge < -0.3 is 20.3 Å². The minimum Gasteiger partial charge on any atom is -0.496 e. The zero-order valence-electron chi connectivity index (χ0n) is 11.6. The van der Waals surface area contributed by atoms with Crippen LogP contribution < -0.4 is 10.1 Å². The van der Waals surface area contributed by atoms with Crippen LogP contribution in [0, 0.1) is 6.92 Å². The molecule has 0 saturated carbocycles. The SMILES string of the molecule is COc1cc(CC(=O)NC(C)(CO)CO)ccc1C. The highest BCUT2D eigenvalue weighted by atomic mass is 16.5. The Hall–Kier alpha value is -1.59. The molecule has 1 aromatic carbocycles. The lowest BCUT2D eigenvalue weighted by Gasteiger charge is -2.26. The van der Waals surface area contributed by atoms with Crippen molar-refractivity contribution in [3.05, 3.63) is 29.3 Å². The molecule has 1 rings (SSSR count). The van der Waals surface area contributed by atoms with Gasteiger partial charge in [-0.2, -0.15) is 0 Å². The Morgan fingerprint density at radius 2 is 2.00 bits per heavy atom. The summed E-state index contributed by atoms with van der Waals surface area (Å²) in [5.41, 5.74) is 0.826. The molecule has 1 amide bonds. The van der Waals surface area contributed by atoms with Crippen molar-refractivity contribution in [2.75, 3.05) is 20.3 Å². The van der Waals surface area contributed by atoms with Crippen LogP contribution in [-0.4, -0.2) is 42.0 Å². The summed E-state index contributed by atoms with van der Waals surface area (Å²) in [6, 6.07) is 5.55. The molecule has 0 aromatic heterocycles. The average molecular weight is 267 g/mol. The van der Waals surface area contributed by atoms with Crippen LogP contribution in [0.15, 0.2) is 18.2 Å². The van der Waals surface area contributed by atoms with Gasteiger partial charge in [-0.15, -0.1) is 0 Å². The fourth-order valence-corrected chi connectivity index (χ4v) is 1.67. The number of hydrogen-bond acceptors (Lipinski definition) is 4. The van der Waals surface area contributed by atoms with Crippen LogP contribution in [-0.2, 0) is 11.2 Å². The normalized spacial score (nSPS) is 11.2. The number of hydrogen-bond donors (Lipinski definition) is 3. The highest BCUT2D eigenvalue weighted by Gasteiger charge is 2.24. The van der Waals surface area contributed by atoms with E-state index >= 15 is 0 Å². The predicted molar refractivity (Wildman–Crippen MR) is 72.2 cm³/mol. The molecule has 19 heavy (non-hydrogen) atoms. The number of carbonyl (C=O) groups is 1. The number of amides is 1. The molecule has 0 spiro atoms. The Kier molecular flexibility index (Phi) is 5.32. The maximum absolute atomic E-state index is 11.9. The van der Waals surface area contributed by atoms with Crippen molar-refractivity contribution >= 4 is 5.91 Å². The molecule has 0 saturated heterocycles. The van der Waals surface area contributed by atoms with E-state index in [1.807, 2.05) is 25.1 Å². The quantitative estimate of drug-likeness (QED) is 0.697. The van der Waals surface area contributed by atoms with Crippen LogP contribution in [0.1, 0.15) is 18.1 Å². The fourth-order valence-electron chi connectivity index (χ4n) is 1.67. The number of aliphatic hydroxyl groups excluding tert-OH is 2. The van der Waals surface area contributed by atoms with Crippen LogP contribution in [0.3, 0.4) is 0 Å². The number of rotatable bonds is 6. The van der Waals surface area contributed by atoms with Crippen molar-refractivity contribution in [1.82, 2.24) is 5.32 Å². The maximum Gasteiger partial charge on any atom is 0.225 e. The van der Waals surface area contributed by atoms with Crippen LogP contribution in [0.4, 0.5) is 0 Å². The number of benzene rings is 1. The van der Waals surface area contributed by atoms with Gasteiger partial charge in [0.25, 0.3) is 0 Å². The van der Waals surface area contributed by atoms with E-state index in [9.17, 15) is 4.79 Å². The molecule has 0 aliphatic rings. The summed E-state index contributed by atoms with van der Waals surface area (Å²) in [5.74, 6) is 0.480. The lowest BCUT2D eigenvalue weighted by molar-refractivity contribution is -0.123. The molecule has 0 unspecified atom stereocenters. The second kappa shape index (κ2) is 6.54. The molecule has 5 nitrogen and oxygen atoms in total. The number of nitrogens with one attached hydrogen (secondary N) is 1. The fraction of sp³-hybridized carbons (Fsp3) is 0.500. The number of aliphatic hydroxyl groups is 2. The first-order valence-corrected chi connectivity index (χ1v) is 6.10. The minimum absolute atomic E-state index is 0.173. The van der Waals surface area contributed by atoms with Gasteiger partial charge in [0, 0.05) is 0 Å². The van der Waals surface area contributed by atoms with E-state index < -0.39 is 5.54 Å². The zero-order chi connectivity index (χ0) is 14.5. The average Bonchev–Trinajstić information content (AvgIpc) is 2.40. The third kappa shape index (κ3) is 4.22. The Labute approximate surface area is 113 Å². The molecule has 0 aliphatic carbocycles. The summed E-state index contributed by atoms with van der Waals surface area (Å²) in [5, 5.41) is 20.9. The van der Waals surface area contributed by atoms with E-state index in [0.717, 1.165) is 16.9 Å². The Bertz CT molecular complexity index is 441. The van der Waals surface area contributed by atoms with Gasteiger partial charge >= 0.3 is 0 Å². The van der Waals surface area contributed by atoms with Crippen molar-refractivity contribution in [2.45, 2.75) is 25.8 Å². The van der Waals surface area contributed by atoms with Gasteiger partial charge in [-0.25, -0.2) is 0 Å². The monoisotopic (exact) mass is 267 g/mol. The summed E-state index contributed by atoms with van der Waals surface area (Å²) in [6.45, 7) is 2.89. The number of methoxy groups -OCH3 is 1. The third-order valence-corrected chi connectivity index (χ3v) is 2.98. The van der Waals surface area contributed by atoms with Crippen molar-refractivity contribution < 1.29 is 19.7 Å². The highest BCUT2D eigenvalue weighted by molar-refractivity contribution is 5.79. The molecular formula is C14H21NO4. The third-order valence-electron chi connectivity index (χ3n) is 2.98. The molecule has 0 aliphatic heterocycles. The van der Waals surface area contributed by atoms with E-state index in [1.165, 1.54) is 0 Å². The van der Waals surface area contributed by atoms with Gasteiger partial charge in [-0.3, -0.25) is 4.79 Å². The first-order valence-electron chi connectivity index (χ1n) is 6.10. The van der Waals surface area contributed by atoms with Crippen molar-refractivity contribution in [3.63, 3.8) is 0 Å². The zero-order valence-corrected chi connectivity index (χ0v) is 11.6. The highest BCUT2D eigenvalue weighted by Crippen LogP contribution is 2.19. The Balaban J connectivity index is 2.72. The van der Waals surface area contributed by atoms with Gasteiger partial charge in [0.15, 0.2) is 0 Å². The van der Waals surface area contributed by atoms with E-state index in [0.29, 0.717) is 0 Å². The summed E-state index contributed by atoms with van der Waals surface area (Å²) >= 11 is 0. The molecule has 0 bridgehead atoms. The number of carbonyl (C=O) groups excluding carboxylic acids is 1. The van der Waals surface area contributed by atoms with E-state index in [-0.39, 0.29) is 25.5 Å². The van der Waals surface area contributed by atoms with Crippen molar-refractivity contribution in [1.29, 1.82) is 0 Å². The molecule has 3 N–H and O–H groups in total. The largest absolute Gasteiger partial charge is 0.496 e. The van der Waals surface area contributed by atoms with Gasteiger partial charge in [0.05, 0.1) is 32.3 Å². The van der Waals surface area contributed by atoms with Gasteiger partial charge in [0.2, 0.25) is 5.91 Å². The van der Waals surface area contributed by atoms with Crippen molar-refractivity contribution in [2.24, 2.45) is 0 Å². The molecule has 0 heterocycles. The summed E-state index contributed by atoms with van der Waals surface area (Å²) < 4.78 is 5.20. The Morgan fingerprint density at radius 3 is 2.53 bits per heavy atom. The predicted octanol–water partition coefficient (Wildman–Crippen LogP) is 0.406. The molecule has 0 radical (unpaired) electrons. The van der Waals surface area contributed by atoms with Gasteiger partial charge in [-0.1, -0.05) is 12.1 Å². The molecule has 106 valence electrons. The topological polar surface area (TPSA) is 78.8 Å². The summed E-state index contributed by atoms with van der Waals surface area (Å²) in [4.78, 5) is 11.9. The van der Waals surface area contributed by atoms with E-state index in [1.54, 1.807) is 14.0 Å². The van der Waals surface area contributed by atoms with E-state index in [2.05, 4.69) is 5.32 Å². The second-order valence-electron chi connectivity index (χ2n) is 4.91. The molecule has 5 heteroatoms. The van der Waals surface area contributed by atoms with Crippen LogP contribution in [0.5, 0.6) is 5.75 Å². The number of aryl methyl sites for hydroxylation is 1. The lowest BCUT2D eigenvalue weighted by atomic mass is 10.0. The second-order valence-corrected chi connectivity index (χ2v) is 4.91. The first kappa shape index (κ1) is 15.5. The molecule has 0 atom stereocenters. The lowest BCUT2D eigenvalue weighted by Crippen LogP contribution is -2.52. The van der Waals surface area contributed by atoms with E-state index in [4.69, 9.17) is 14.9 Å². The summed E-state index contributed by atoms with van der Waals surface area (Å²) in [6.07, 6.45) is 0.173. The smallest absolute Gasteiger partial charge is 0.225 e. The maximum atomic E-state index is 11.9. The van der Waals surface area contributed by atoms with Crippen LogP contribution in [0.2, 0.25) is 0 Å². The van der Waals surface area contributed by atoms with Crippen molar-refractivity contribution in [3.8, 4) is 5.75 Å². The molecule has 0 fully saturated rings. The minimum atomic E-state index is -0.994. The van der Waals surface area contributed by atoms with Gasteiger partial charge in [0.1, 0.15) is 5.75 Å². The number of ether oxygens (including phenoxy) is 1. The Morgan fingerprint density at radius 1 is 1.37 bits per heavy atom. The van der Waals surface area contributed by atoms with Crippen LogP contribution >= 0.6 is 0 Å². The summed E-state index contributed by atoms with van der Waals surface area (Å²) in [7, 11) is 1.58.